The van der Waals surface area contributed by atoms with Crippen LogP contribution in [0, 0.1) is 5.92 Å². The Bertz CT molecular complexity index is 264. The van der Waals surface area contributed by atoms with E-state index in [0.29, 0.717) is 12.5 Å². The predicted octanol–water partition coefficient (Wildman–Crippen LogP) is 1.24. The van der Waals surface area contributed by atoms with Crippen LogP contribution in [-0.2, 0) is 4.79 Å². The zero-order chi connectivity index (χ0) is 12.1. The molecule has 92 valence electrons. The first-order chi connectivity index (χ1) is 7.54. The molecule has 1 saturated carbocycles. The Morgan fingerprint density at radius 1 is 1.38 bits per heavy atom. The Labute approximate surface area is 96.0 Å². The topological polar surface area (TPSA) is 60.9 Å². The van der Waals surface area contributed by atoms with Gasteiger partial charge in [-0.15, -0.1) is 0 Å². The number of hydrogen-bond acceptors (Lipinski definition) is 2. The predicted molar refractivity (Wildman–Crippen MR) is 60.2 cm³/mol. The molecule has 0 aromatic carbocycles. The molecule has 0 heterocycles. The molecule has 2 amide bonds. The summed E-state index contributed by atoms with van der Waals surface area (Å²) >= 11 is 0. The van der Waals surface area contributed by atoms with Crippen molar-refractivity contribution in [2.75, 3.05) is 26.7 Å². The van der Waals surface area contributed by atoms with Crippen LogP contribution >= 0.6 is 0 Å². The zero-order valence-corrected chi connectivity index (χ0v) is 9.98. The van der Waals surface area contributed by atoms with E-state index in [9.17, 15) is 9.59 Å². The number of urea groups is 1. The Balaban J connectivity index is 2.42. The summed E-state index contributed by atoms with van der Waals surface area (Å²) in [5, 5.41) is 8.67. The Morgan fingerprint density at radius 2 is 2.00 bits per heavy atom. The quantitative estimate of drug-likeness (QED) is 0.770. The van der Waals surface area contributed by atoms with Gasteiger partial charge in [0.2, 0.25) is 0 Å². The molecule has 5 nitrogen and oxygen atoms in total. The number of carbonyl (C=O) groups excluding carboxylic acids is 1. The van der Waals surface area contributed by atoms with Gasteiger partial charge >= 0.3 is 12.0 Å². The second kappa shape index (κ2) is 5.72. The summed E-state index contributed by atoms with van der Waals surface area (Å²) in [5.74, 6) is -0.357. The van der Waals surface area contributed by atoms with Crippen LogP contribution in [0.5, 0.6) is 0 Å². The number of amides is 2. The molecule has 16 heavy (non-hydrogen) atoms. The molecule has 1 aliphatic carbocycles. The lowest BCUT2D eigenvalue weighted by Crippen LogP contribution is -2.45. The third-order valence-corrected chi connectivity index (χ3v) is 3.06. The number of carboxylic acids is 1. The van der Waals surface area contributed by atoms with Gasteiger partial charge in [0.15, 0.2) is 0 Å². The fourth-order valence-electron chi connectivity index (χ4n) is 1.86. The van der Waals surface area contributed by atoms with E-state index in [4.69, 9.17) is 5.11 Å². The van der Waals surface area contributed by atoms with Crippen molar-refractivity contribution >= 4 is 12.0 Å². The maximum atomic E-state index is 11.9. The lowest BCUT2D eigenvalue weighted by molar-refractivity contribution is -0.137. The van der Waals surface area contributed by atoms with Gasteiger partial charge in [-0.3, -0.25) is 4.79 Å². The summed E-state index contributed by atoms with van der Waals surface area (Å²) in [6.07, 6.45) is 3.62. The van der Waals surface area contributed by atoms with Gasteiger partial charge in [-0.05, 0) is 25.7 Å². The second-order valence-corrected chi connectivity index (χ2v) is 4.37. The van der Waals surface area contributed by atoms with Crippen molar-refractivity contribution in [2.24, 2.45) is 5.92 Å². The summed E-state index contributed by atoms with van der Waals surface area (Å²) in [4.78, 5) is 25.4. The van der Waals surface area contributed by atoms with Crippen molar-refractivity contribution in [1.82, 2.24) is 9.80 Å². The van der Waals surface area contributed by atoms with Gasteiger partial charge in [0.25, 0.3) is 0 Å². The SMILES string of the molecule is CCN(CC(=O)O)C(=O)N(C)CC1CCC1. The summed E-state index contributed by atoms with van der Waals surface area (Å²) in [6.45, 7) is 2.75. The van der Waals surface area contributed by atoms with Crippen molar-refractivity contribution in [1.29, 1.82) is 0 Å². The number of carbonyl (C=O) groups is 2. The molecule has 0 aromatic rings. The normalized spacial score (nSPS) is 15.4. The molecule has 5 heteroatoms. The van der Waals surface area contributed by atoms with Gasteiger partial charge in [0.1, 0.15) is 6.54 Å². The second-order valence-electron chi connectivity index (χ2n) is 4.37. The molecule has 0 spiro atoms. The van der Waals surface area contributed by atoms with E-state index in [-0.39, 0.29) is 12.6 Å². The van der Waals surface area contributed by atoms with Crippen LogP contribution in [0.3, 0.4) is 0 Å². The van der Waals surface area contributed by atoms with Crippen LogP contribution in [0.25, 0.3) is 0 Å². The minimum absolute atomic E-state index is 0.184. The molecule has 0 saturated heterocycles. The Morgan fingerprint density at radius 3 is 2.38 bits per heavy atom. The molecule has 0 atom stereocenters. The van der Waals surface area contributed by atoms with E-state index in [0.717, 1.165) is 6.54 Å². The first-order valence-electron chi connectivity index (χ1n) is 5.76. The standard InChI is InChI=1S/C11H20N2O3/c1-3-13(8-10(14)15)11(16)12(2)7-9-5-4-6-9/h9H,3-8H2,1-2H3,(H,14,15). The first kappa shape index (κ1) is 12.8. The molecular formula is C11H20N2O3. The summed E-state index contributed by atoms with van der Waals surface area (Å²) in [5.41, 5.74) is 0. The molecule has 0 aliphatic heterocycles. The van der Waals surface area contributed by atoms with Crippen LogP contribution in [-0.4, -0.2) is 53.6 Å². The number of hydrogen-bond donors (Lipinski definition) is 1. The first-order valence-corrected chi connectivity index (χ1v) is 5.76. The van der Waals surface area contributed by atoms with Crippen molar-refractivity contribution in [3.05, 3.63) is 0 Å². The van der Waals surface area contributed by atoms with Crippen molar-refractivity contribution < 1.29 is 14.7 Å². The smallest absolute Gasteiger partial charge is 0.323 e. The summed E-state index contributed by atoms with van der Waals surface area (Å²) in [7, 11) is 1.74. The fraction of sp³-hybridized carbons (Fsp3) is 0.818. The monoisotopic (exact) mass is 228 g/mol. The number of aliphatic carboxylic acids is 1. The van der Waals surface area contributed by atoms with Gasteiger partial charge in [-0.25, -0.2) is 4.79 Å². The minimum atomic E-state index is -0.966. The highest BCUT2D eigenvalue weighted by Gasteiger charge is 2.24. The fourth-order valence-corrected chi connectivity index (χ4v) is 1.86. The largest absolute Gasteiger partial charge is 0.480 e. The average Bonchev–Trinajstić information content (AvgIpc) is 2.18. The number of nitrogens with zero attached hydrogens (tertiary/aromatic N) is 2. The molecular weight excluding hydrogens is 208 g/mol. The van der Waals surface area contributed by atoms with E-state index in [2.05, 4.69) is 0 Å². The highest BCUT2D eigenvalue weighted by molar-refractivity contribution is 5.80. The minimum Gasteiger partial charge on any atom is -0.480 e. The van der Waals surface area contributed by atoms with Crippen LogP contribution in [0.1, 0.15) is 26.2 Å². The highest BCUT2D eigenvalue weighted by Crippen LogP contribution is 2.26. The zero-order valence-electron chi connectivity index (χ0n) is 9.98. The molecule has 1 rings (SSSR count). The van der Waals surface area contributed by atoms with Gasteiger partial charge < -0.3 is 14.9 Å². The average molecular weight is 228 g/mol. The van der Waals surface area contributed by atoms with Gasteiger partial charge in [-0.1, -0.05) is 6.42 Å². The van der Waals surface area contributed by atoms with Crippen molar-refractivity contribution in [3.8, 4) is 0 Å². The molecule has 1 aliphatic rings. The van der Waals surface area contributed by atoms with Crippen molar-refractivity contribution in [3.63, 3.8) is 0 Å². The van der Waals surface area contributed by atoms with E-state index < -0.39 is 5.97 Å². The summed E-state index contributed by atoms with van der Waals surface area (Å²) in [6, 6.07) is -0.184. The van der Waals surface area contributed by atoms with Crippen LogP contribution in [0.15, 0.2) is 0 Å². The number of likely N-dealkylation sites (N-methyl/N-ethyl adjacent to an activating group) is 1. The molecule has 0 radical (unpaired) electrons. The molecule has 1 N–H and O–H groups in total. The van der Waals surface area contributed by atoms with Gasteiger partial charge in [-0.2, -0.15) is 0 Å². The van der Waals surface area contributed by atoms with Crippen LogP contribution in [0.2, 0.25) is 0 Å². The lowest BCUT2D eigenvalue weighted by Gasteiger charge is -2.32. The lowest BCUT2D eigenvalue weighted by atomic mass is 9.85. The maximum absolute atomic E-state index is 11.9. The van der Waals surface area contributed by atoms with Crippen LogP contribution in [0.4, 0.5) is 4.79 Å². The van der Waals surface area contributed by atoms with Gasteiger partial charge in [0.05, 0.1) is 0 Å². The molecule has 1 fully saturated rings. The molecule has 0 bridgehead atoms. The maximum Gasteiger partial charge on any atom is 0.323 e. The Kier molecular flexibility index (Phi) is 4.58. The highest BCUT2D eigenvalue weighted by atomic mass is 16.4. The van der Waals surface area contributed by atoms with E-state index in [1.54, 1.807) is 18.9 Å². The molecule has 0 aromatic heterocycles. The Hall–Kier alpha value is -1.26. The van der Waals surface area contributed by atoms with Crippen LogP contribution < -0.4 is 0 Å². The number of carboxylic acid groups (broad SMARTS) is 1. The summed E-state index contributed by atoms with van der Waals surface area (Å²) < 4.78 is 0. The third kappa shape index (κ3) is 3.40. The van der Waals surface area contributed by atoms with Crippen molar-refractivity contribution in [2.45, 2.75) is 26.2 Å². The third-order valence-electron chi connectivity index (χ3n) is 3.06. The van der Waals surface area contributed by atoms with E-state index >= 15 is 0 Å². The van der Waals surface area contributed by atoms with E-state index in [1.165, 1.54) is 24.2 Å². The number of rotatable bonds is 5. The molecule has 0 unspecified atom stereocenters. The van der Waals surface area contributed by atoms with E-state index in [1.807, 2.05) is 0 Å². The van der Waals surface area contributed by atoms with Gasteiger partial charge in [0, 0.05) is 20.1 Å².